The molecule has 5 nitrogen and oxygen atoms in total. The highest BCUT2D eigenvalue weighted by Gasteiger charge is 2.34. The summed E-state index contributed by atoms with van der Waals surface area (Å²) >= 11 is 0. The first-order valence-electron chi connectivity index (χ1n) is 8.79. The third-order valence-corrected chi connectivity index (χ3v) is 4.54. The van der Waals surface area contributed by atoms with Gasteiger partial charge in [0.25, 0.3) is 5.91 Å². The van der Waals surface area contributed by atoms with Gasteiger partial charge >= 0.3 is 6.18 Å². The molecule has 0 saturated heterocycles. The van der Waals surface area contributed by atoms with Gasteiger partial charge in [0.05, 0.1) is 16.8 Å². The number of carbonyl (C=O) groups is 1. The molecule has 0 bridgehead atoms. The molecule has 0 unspecified atom stereocenters. The fourth-order valence-corrected chi connectivity index (χ4v) is 2.72. The molecule has 3 aromatic rings. The predicted molar refractivity (Wildman–Crippen MR) is 101 cm³/mol. The topological polar surface area (TPSA) is 64.4 Å². The van der Waals surface area contributed by atoms with Gasteiger partial charge in [-0.2, -0.15) is 13.2 Å². The van der Waals surface area contributed by atoms with Gasteiger partial charge in [0, 0.05) is 0 Å². The van der Waals surface area contributed by atoms with Crippen LogP contribution >= 0.6 is 0 Å². The first kappa shape index (κ1) is 20.4. The number of hydrogen-bond donors (Lipinski definition) is 1. The van der Waals surface area contributed by atoms with Crippen molar-refractivity contribution in [3.8, 4) is 5.75 Å². The lowest BCUT2D eigenvalue weighted by atomic mass is 10.1. The molecular formula is C21H19F3N2O3. The largest absolute Gasteiger partial charge is 0.489 e. The molecule has 0 radical (unpaired) electrons. The summed E-state index contributed by atoms with van der Waals surface area (Å²) in [4.78, 5) is 12.6. The van der Waals surface area contributed by atoms with E-state index in [0.29, 0.717) is 17.1 Å². The monoisotopic (exact) mass is 404 g/mol. The SMILES string of the molecule is Cc1ccc(OCc2c(C(=O)Nc3ccccc3C(F)(F)F)noc2C)cc1C. The van der Waals surface area contributed by atoms with Gasteiger partial charge in [-0.05, 0) is 56.2 Å². The predicted octanol–water partition coefficient (Wildman–Crippen LogP) is 5.45. The second-order valence-corrected chi connectivity index (χ2v) is 6.60. The Labute approximate surface area is 165 Å². The van der Waals surface area contributed by atoms with Crippen LogP contribution in [0, 0.1) is 20.8 Å². The number of aromatic nitrogens is 1. The molecule has 0 atom stereocenters. The lowest BCUT2D eigenvalue weighted by Crippen LogP contribution is -2.18. The van der Waals surface area contributed by atoms with Crippen LogP contribution in [0.25, 0.3) is 0 Å². The number of benzene rings is 2. The van der Waals surface area contributed by atoms with Crippen molar-refractivity contribution < 1.29 is 27.2 Å². The summed E-state index contributed by atoms with van der Waals surface area (Å²) in [7, 11) is 0. The number of ether oxygens (including phenoxy) is 1. The maximum absolute atomic E-state index is 13.1. The van der Waals surface area contributed by atoms with Crippen molar-refractivity contribution in [1.82, 2.24) is 5.16 Å². The maximum atomic E-state index is 13.1. The molecule has 3 rings (SSSR count). The third kappa shape index (κ3) is 4.59. The van der Waals surface area contributed by atoms with E-state index >= 15 is 0 Å². The lowest BCUT2D eigenvalue weighted by molar-refractivity contribution is -0.136. The van der Waals surface area contributed by atoms with E-state index in [1.807, 2.05) is 26.0 Å². The Morgan fingerprint density at radius 1 is 1.10 bits per heavy atom. The maximum Gasteiger partial charge on any atom is 0.418 e. The van der Waals surface area contributed by atoms with E-state index in [2.05, 4.69) is 10.5 Å². The van der Waals surface area contributed by atoms with E-state index in [1.54, 1.807) is 13.0 Å². The van der Waals surface area contributed by atoms with Crippen molar-refractivity contribution in [2.75, 3.05) is 5.32 Å². The molecule has 2 aromatic carbocycles. The zero-order valence-electron chi connectivity index (χ0n) is 16.1. The van der Waals surface area contributed by atoms with Gasteiger partial charge in [-0.1, -0.05) is 23.4 Å². The quantitative estimate of drug-likeness (QED) is 0.614. The minimum absolute atomic E-state index is 0.0124. The number of nitrogens with one attached hydrogen (secondary N) is 1. The summed E-state index contributed by atoms with van der Waals surface area (Å²) in [6.45, 7) is 5.52. The number of carbonyl (C=O) groups excluding carboxylic acids is 1. The minimum atomic E-state index is -4.60. The molecule has 1 aromatic heterocycles. The molecule has 0 aliphatic carbocycles. The van der Waals surface area contributed by atoms with Crippen LogP contribution in [-0.2, 0) is 12.8 Å². The number of amides is 1. The van der Waals surface area contributed by atoms with Crippen LogP contribution in [0.3, 0.4) is 0 Å². The van der Waals surface area contributed by atoms with Gasteiger partial charge in [0.1, 0.15) is 18.1 Å². The average molecular weight is 404 g/mol. The van der Waals surface area contributed by atoms with Gasteiger partial charge in [0.2, 0.25) is 0 Å². The Balaban J connectivity index is 1.80. The summed E-state index contributed by atoms with van der Waals surface area (Å²) < 4.78 is 50.2. The highest BCUT2D eigenvalue weighted by Crippen LogP contribution is 2.34. The van der Waals surface area contributed by atoms with Crippen molar-refractivity contribution in [1.29, 1.82) is 0 Å². The van der Waals surface area contributed by atoms with Crippen LogP contribution < -0.4 is 10.1 Å². The number of anilines is 1. The molecule has 0 aliphatic rings. The van der Waals surface area contributed by atoms with E-state index < -0.39 is 17.6 Å². The number of rotatable bonds is 5. The molecule has 152 valence electrons. The normalized spacial score (nSPS) is 11.4. The standard InChI is InChI=1S/C21H19F3N2O3/c1-12-8-9-15(10-13(12)2)28-11-16-14(3)29-26-19(16)20(27)25-18-7-5-4-6-17(18)21(22,23)24/h4-10H,11H2,1-3H3,(H,25,27). The van der Waals surface area contributed by atoms with E-state index in [-0.39, 0.29) is 18.0 Å². The van der Waals surface area contributed by atoms with Crippen LogP contribution in [0.1, 0.15) is 38.5 Å². The van der Waals surface area contributed by atoms with Gasteiger partial charge in [-0.3, -0.25) is 4.79 Å². The molecule has 0 fully saturated rings. The molecule has 8 heteroatoms. The second kappa shape index (κ2) is 7.98. The molecule has 0 saturated carbocycles. The second-order valence-electron chi connectivity index (χ2n) is 6.60. The van der Waals surface area contributed by atoms with E-state index in [4.69, 9.17) is 9.26 Å². The van der Waals surface area contributed by atoms with Crippen LogP contribution in [0.15, 0.2) is 47.0 Å². The number of alkyl halides is 3. The number of para-hydroxylation sites is 1. The fraction of sp³-hybridized carbons (Fsp3) is 0.238. The summed E-state index contributed by atoms with van der Waals surface area (Å²) in [5, 5.41) is 5.96. The first-order valence-corrected chi connectivity index (χ1v) is 8.79. The Hall–Kier alpha value is -3.29. The van der Waals surface area contributed by atoms with Crippen molar-refractivity contribution in [2.45, 2.75) is 33.6 Å². The summed E-state index contributed by atoms with van der Waals surface area (Å²) in [6, 6.07) is 10.3. The summed E-state index contributed by atoms with van der Waals surface area (Å²) in [5.41, 5.74) is 1.11. The number of nitrogens with zero attached hydrogens (tertiary/aromatic N) is 1. The third-order valence-electron chi connectivity index (χ3n) is 4.54. The zero-order chi connectivity index (χ0) is 21.2. The molecule has 1 N–H and O–H groups in total. The Morgan fingerprint density at radius 2 is 1.83 bits per heavy atom. The van der Waals surface area contributed by atoms with Crippen molar-refractivity contribution >= 4 is 11.6 Å². The first-order chi connectivity index (χ1) is 13.7. The van der Waals surface area contributed by atoms with Crippen molar-refractivity contribution in [3.63, 3.8) is 0 Å². The van der Waals surface area contributed by atoms with E-state index in [1.165, 1.54) is 18.2 Å². The minimum Gasteiger partial charge on any atom is -0.489 e. The average Bonchev–Trinajstić information content (AvgIpc) is 3.03. The summed E-state index contributed by atoms with van der Waals surface area (Å²) in [5.74, 6) is 0.141. The number of halogens is 3. The number of hydrogen-bond acceptors (Lipinski definition) is 4. The Morgan fingerprint density at radius 3 is 2.52 bits per heavy atom. The fourth-order valence-electron chi connectivity index (χ4n) is 2.72. The highest BCUT2D eigenvalue weighted by molar-refractivity contribution is 6.04. The van der Waals surface area contributed by atoms with E-state index in [9.17, 15) is 18.0 Å². The molecular weight excluding hydrogens is 385 g/mol. The molecule has 1 heterocycles. The van der Waals surface area contributed by atoms with E-state index in [0.717, 1.165) is 17.2 Å². The Bertz CT molecular complexity index is 1040. The molecule has 29 heavy (non-hydrogen) atoms. The smallest absolute Gasteiger partial charge is 0.418 e. The van der Waals surface area contributed by atoms with Crippen LogP contribution in [0.5, 0.6) is 5.75 Å². The van der Waals surface area contributed by atoms with Gasteiger partial charge in [-0.25, -0.2) is 0 Å². The molecule has 1 amide bonds. The van der Waals surface area contributed by atoms with Gasteiger partial charge in [-0.15, -0.1) is 0 Å². The van der Waals surface area contributed by atoms with Crippen LogP contribution in [0.2, 0.25) is 0 Å². The van der Waals surface area contributed by atoms with Crippen molar-refractivity contribution in [2.24, 2.45) is 0 Å². The lowest BCUT2D eigenvalue weighted by Gasteiger charge is -2.13. The number of aryl methyl sites for hydroxylation is 3. The molecule has 0 aliphatic heterocycles. The van der Waals surface area contributed by atoms with Crippen molar-refractivity contribution in [3.05, 3.63) is 76.2 Å². The molecule has 0 spiro atoms. The highest BCUT2D eigenvalue weighted by atomic mass is 19.4. The summed E-state index contributed by atoms with van der Waals surface area (Å²) in [6.07, 6.45) is -4.60. The van der Waals surface area contributed by atoms with Gasteiger partial charge < -0.3 is 14.6 Å². The zero-order valence-corrected chi connectivity index (χ0v) is 16.1. The van der Waals surface area contributed by atoms with Crippen LogP contribution in [0.4, 0.5) is 18.9 Å². The van der Waals surface area contributed by atoms with Gasteiger partial charge in [0.15, 0.2) is 5.69 Å². The Kier molecular flexibility index (Phi) is 5.63. The van der Waals surface area contributed by atoms with Crippen LogP contribution in [-0.4, -0.2) is 11.1 Å².